The lowest BCUT2D eigenvalue weighted by Gasteiger charge is -1.97. The van der Waals surface area contributed by atoms with Gasteiger partial charge in [-0.05, 0) is 13.3 Å². The van der Waals surface area contributed by atoms with Gasteiger partial charge in [0.1, 0.15) is 0 Å². The normalized spacial score (nSPS) is 15.4. The second kappa shape index (κ2) is 3.12. The summed E-state index contributed by atoms with van der Waals surface area (Å²) in [5, 5.41) is 4.59. The van der Waals surface area contributed by atoms with E-state index in [1.807, 2.05) is 0 Å². The highest BCUT2D eigenvalue weighted by Crippen LogP contribution is 1.96. The summed E-state index contributed by atoms with van der Waals surface area (Å²) in [4.78, 5) is 0. The summed E-state index contributed by atoms with van der Waals surface area (Å²) in [6.07, 6.45) is -1.11. The van der Waals surface area contributed by atoms with Crippen molar-refractivity contribution >= 4 is 10.0 Å². The van der Waals surface area contributed by atoms with E-state index in [4.69, 9.17) is 0 Å². The Hall–Kier alpha value is -0.160. The van der Waals surface area contributed by atoms with E-state index in [0.717, 1.165) is 0 Å². The first kappa shape index (κ1) is 8.84. The Morgan fingerprint density at radius 2 is 2.11 bits per heavy atom. The van der Waals surface area contributed by atoms with Crippen LogP contribution >= 0.6 is 0 Å². The summed E-state index contributed by atoms with van der Waals surface area (Å²) in [7, 11) is -3.46. The Labute approximate surface area is 54.1 Å². The minimum atomic E-state index is -3.46. The minimum Gasteiger partial charge on any atom is -0.248 e. The molecule has 0 aliphatic heterocycles. The molecule has 56 valence electrons. The van der Waals surface area contributed by atoms with E-state index in [9.17, 15) is 12.8 Å². The molecule has 0 aromatic rings. The van der Waals surface area contributed by atoms with Gasteiger partial charge < -0.3 is 0 Å². The molecule has 0 aliphatic carbocycles. The minimum absolute atomic E-state index is 0.0150. The number of sulfonamides is 1. The zero-order valence-electron chi connectivity index (χ0n) is 5.17. The van der Waals surface area contributed by atoms with Crippen LogP contribution in [0, 0.1) is 0 Å². The molecule has 3 nitrogen and oxygen atoms in total. The molecule has 0 unspecified atom stereocenters. The fourth-order valence-corrected chi connectivity index (χ4v) is 0.980. The first-order chi connectivity index (χ1) is 3.92. The van der Waals surface area contributed by atoms with Gasteiger partial charge in [0.25, 0.3) is 0 Å². The van der Waals surface area contributed by atoms with Gasteiger partial charge in [-0.3, -0.25) is 0 Å². The number of nitrogens with two attached hydrogens (primary N) is 1. The molecule has 0 aromatic carbocycles. The van der Waals surface area contributed by atoms with E-state index in [1.54, 1.807) is 0 Å². The molecule has 0 aromatic heterocycles. The molecular formula is C4H10FNO2S. The van der Waals surface area contributed by atoms with Gasteiger partial charge in [0.05, 0.1) is 11.9 Å². The molecule has 0 spiro atoms. The second-order valence-corrected chi connectivity index (χ2v) is 3.67. The number of halogens is 1. The van der Waals surface area contributed by atoms with E-state index in [1.165, 1.54) is 6.92 Å². The Balaban J connectivity index is 3.53. The van der Waals surface area contributed by atoms with Crippen molar-refractivity contribution in [2.45, 2.75) is 19.5 Å². The van der Waals surface area contributed by atoms with Crippen molar-refractivity contribution in [3.05, 3.63) is 0 Å². The number of alkyl halides is 1. The highest BCUT2D eigenvalue weighted by atomic mass is 32.2. The summed E-state index contributed by atoms with van der Waals surface area (Å²) in [6.45, 7) is 1.30. The lowest BCUT2D eigenvalue weighted by Crippen LogP contribution is -2.18. The first-order valence-electron chi connectivity index (χ1n) is 2.56. The SMILES string of the molecule is C[C@H](F)CCS(N)(=O)=O. The van der Waals surface area contributed by atoms with E-state index >= 15 is 0 Å². The quantitative estimate of drug-likeness (QED) is 0.624. The van der Waals surface area contributed by atoms with Crippen LogP contribution in [0.3, 0.4) is 0 Å². The molecular weight excluding hydrogens is 145 g/mol. The Bertz CT molecular complexity index is 163. The monoisotopic (exact) mass is 155 g/mol. The standard InChI is InChI=1S/C4H10FNO2S/c1-4(5)2-3-9(6,7)8/h4H,2-3H2,1H3,(H2,6,7,8)/t4-/m0/s1. The summed E-state index contributed by atoms with van der Waals surface area (Å²) >= 11 is 0. The molecule has 0 saturated heterocycles. The fraction of sp³-hybridized carbons (Fsp3) is 1.00. The molecule has 2 N–H and O–H groups in total. The molecule has 0 heterocycles. The second-order valence-electron chi connectivity index (χ2n) is 1.94. The van der Waals surface area contributed by atoms with Gasteiger partial charge in [-0.15, -0.1) is 0 Å². The highest BCUT2D eigenvalue weighted by Gasteiger charge is 2.05. The van der Waals surface area contributed by atoms with Crippen molar-refractivity contribution < 1.29 is 12.8 Å². The fourth-order valence-electron chi connectivity index (χ4n) is 0.327. The van der Waals surface area contributed by atoms with Crippen LogP contribution in [0.5, 0.6) is 0 Å². The molecule has 5 heteroatoms. The van der Waals surface area contributed by atoms with E-state index in [2.05, 4.69) is 5.14 Å². The van der Waals surface area contributed by atoms with Gasteiger partial charge in [-0.1, -0.05) is 0 Å². The predicted molar refractivity (Wildman–Crippen MR) is 33.2 cm³/mol. The van der Waals surface area contributed by atoms with Crippen LogP contribution in [0.15, 0.2) is 0 Å². The van der Waals surface area contributed by atoms with Crippen molar-refractivity contribution in [1.29, 1.82) is 0 Å². The van der Waals surface area contributed by atoms with Crippen molar-refractivity contribution in [2.75, 3.05) is 5.75 Å². The lowest BCUT2D eigenvalue weighted by atomic mass is 10.3. The smallest absolute Gasteiger partial charge is 0.209 e. The van der Waals surface area contributed by atoms with Gasteiger partial charge >= 0.3 is 0 Å². The van der Waals surface area contributed by atoms with E-state index in [-0.39, 0.29) is 12.2 Å². The van der Waals surface area contributed by atoms with Gasteiger partial charge in [-0.25, -0.2) is 17.9 Å². The average Bonchev–Trinajstić information content (AvgIpc) is 1.59. The third-order valence-corrected chi connectivity index (χ3v) is 1.60. The van der Waals surface area contributed by atoms with Crippen LogP contribution in [-0.4, -0.2) is 20.3 Å². The summed E-state index contributed by atoms with van der Waals surface area (Å²) in [5.74, 6) is -0.273. The first-order valence-corrected chi connectivity index (χ1v) is 4.28. The van der Waals surface area contributed by atoms with Crippen molar-refractivity contribution in [1.82, 2.24) is 0 Å². The third-order valence-electron chi connectivity index (χ3n) is 0.800. The third kappa shape index (κ3) is 7.84. The van der Waals surface area contributed by atoms with Gasteiger partial charge in [0.15, 0.2) is 0 Å². The van der Waals surface area contributed by atoms with Crippen molar-refractivity contribution in [3.63, 3.8) is 0 Å². The summed E-state index contributed by atoms with van der Waals surface area (Å²) < 4.78 is 32.2. The number of rotatable bonds is 3. The molecule has 0 aliphatic rings. The van der Waals surface area contributed by atoms with E-state index < -0.39 is 16.2 Å². The molecule has 0 amide bonds. The van der Waals surface area contributed by atoms with Crippen LogP contribution in [0.2, 0.25) is 0 Å². The molecule has 0 saturated carbocycles. The zero-order chi connectivity index (χ0) is 7.49. The molecule has 1 atom stereocenters. The Morgan fingerprint density at radius 1 is 1.67 bits per heavy atom. The average molecular weight is 155 g/mol. The molecule has 0 bridgehead atoms. The highest BCUT2D eigenvalue weighted by molar-refractivity contribution is 7.89. The molecule has 0 rings (SSSR count). The summed E-state index contributed by atoms with van der Waals surface area (Å²) in [5.41, 5.74) is 0. The van der Waals surface area contributed by atoms with Crippen LogP contribution in [0.25, 0.3) is 0 Å². The number of hydrogen-bond acceptors (Lipinski definition) is 2. The van der Waals surface area contributed by atoms with E-state index in [0.29, 0.717) is 0 Å². The van der Waals surface area contributed by atoms with Crippen molar-refractivity contribution in [2.24, 2.45) is 5.14 Å². The summed E-state index contributed by atoms with van der Waals surface area (Å²) in [6, 6.07) is 0. The maximum atomic E-state index is 11.9. The number of primary sulfonamides is 1. The zero-order valence-corrected chi connectivity index (χ0v) is 5.99. The maximum absolute atomic E-state index is 11.9. The van der Waals surface area contributed by atoms with Crippen LogP contribution in [-0.2, 0) is 10.0 Å². The molecule has 9 heavy (non-hydrogen) atoms. The topological polar surface area (TPSA) is 60.2 Å². The van der Waals surface area contributed by atoms with Gasteiger partial charge in [0.2, 0.25) is 10.0 Å². The van der Waals surface area contributed by atoms with Crippen molar-refractivity contribution in [3.8, 4) is 0 Å². The Morgan fingerprint density at radius 3 is 2.22 bits per heavy atom. The maximum Gasteiger partial charge on any atom is 0.209 e. The van der Waals surface area contributed by atoms with Gasteiger partial charge in [0, 0.05) is 0 Å². The number of hydrogen-bond donors (Lipinski definition) is 1. The largest absolute Gasteiger partial charge is 0.248 e. The van der Waals surface area contributed by atoms with Gasteiger partial charge in [-0.2, -0.15) is 0 Å². The van der Waals surface area contributed by atoms with Crippen LogP contribution in [0.4, 0.5) is 4.39 Å². The van der Waals surface area contributed by atoms with Crippen LogP contribution in [0.1, 0.15) is 13.3 Å². The Kier molecular flexibility index (Phi) is 3.07. The lowest BCUT2D eigenvalue weighted by molar-refractivity contribution is 0.352. The predicted octanol–water partition coefficient (Wildman–Crippen LogP) is 0.0230. The molecule has 0 radical (unpaired) electrons. The van der Waals surface area contributed by atoms with Crippen LogP contribution < -0.4 is 5.14 Å². The molecule has 0 fully saturated rings.